The number of ether oxygens (including phenoxy) is 1. The van der Waals surface area contributed by atoms with Gasteiger partial charge in [-0.05, 0) is 49.9 Å². The van der Waals surface area contributed by atoms with Crippen molar-refractivity contribution >= 4 is 17.5 Å². The summed E-state index contributed by atoms with van der Waals surface area (Å²) in [5.41, 5.74) is 1.46. The van der Waals surface area contributed by atoms with Crippen LogP contribution in [0.3, 0.4) is 0 Å². The van der Waals surface area contributed by atoms with Crippen LogP contribution in [0, 0.1) is 5.92 Å². The molecule has 1 heterocycles. The van der Waals surface area contributed by atoms with Crippen molar-refractivity contribution in [2.75, 3.05) is 38.2 Å². The highest BCUT2D eigenvalue weighted by Gasteiger charge is 2.38. The zero-order valence-corrected chi connectivity index (χ0v) is 16.5. The molecule has 2 N–H and O–H groups in total. The highest BCUT2D eigenvalue weighted by molar-refractivity contribution is 5.96. The van der Waals surface area contributed by atoms with Crippen LogP contribution in [0.2, 0.25) is 0 Å². The van der Waals surface area contributed by atoms with E-state index in [1.54, 1.807) is 12.1 Å². The van der Waals surface area contributed by atoms with Crippen molar-refractivity contribution in [2.45, 2.75) is 50.5 Å². The van der Waals surface area contributed by atoms with Crippen LogP contribution >= 0.6 is 0 Å². The molecule has 6 nitrogen and oxygen atoms in total. The third-order valence-electron chi connectivity index (χ3n) is 6.41. The molecular formula is C22H31N3O3. The van der Waals surface area contributed by atoms with E-state index in [4.69, 9.17) is 4.74 Å². The fraction of sp³-hybridized carbons (Fsp3) is 0.636. The maximum atomic E-state index is 12.7. The van der Waals surface area contributed by atoms with Gasteiger partial charge in [0.25, 0.3) is 5.91 Å². The van der Waals surface area contributed by atoms with Crippen molar-refractivity contribution in [1.82, 2.24) is 10.2 Å². The molecule has 0 spiro atoms. The van der Waals surface area contributed by atoms with E-state index >= 15 is 0 Å². The van der Waals surface area contributed by atoms with Gasteiger partial charge in [0.2, 0.25) is 5.91 Å². The lowest BCUT2D eigenvalue weighted by Crippen LogP contribution is -2.59. The zero-order chi connectivity index (χ0) is 19.4. The molecule has 1 aromatic rings. The fourth-order valence-electron chi connectivity index (χ4n) is 4.49. The molecule has 1 aromatic carbocycles. The van der Waals surface area contributed by atoms with E-state index in [2.05, 4.69) is 15.5 Å². The molecule has 3 aliphatic rings. The molecule has 0 radical (unpaired) electrons. The lowest BCUT2D eigenvalue weighted by atomic mass is 9.79. The van der Waals surface area contributed by atoms with Crippen LogP contribution in [0.15, 0.2) is 24.3 Å². The number of benzene rings is 1. The van der Waals surface area contributed by atoms with Crippen molar-refractivity contribution in [1.29, 1.82) is 0 Å². The van der Waals surface area contributed by atoms with Crippen LogP contribution in [-0.2, 0) is 9.53 Å². The molecule has 1 saturated heterocycles. The average Bonchev–Trinajstić information content (AvgIpc) is 3.59. The predicted octanol–water partition coefficient (Wildman–Crippen LogP) is 2.80. The Kier molecular flexibility index (Phi) is 5.97. The van der Waals surface area contributed by atoms with Crippen molar-refractivity contribution < 1.29 is 14.3 Å². The summed E-state index contributed by atoms with van der Waals surface area (Å²) in [6.07, 6.45) is 7.98. The molecule has 2 saturated carbocycles. The van der Waals surface area contributed by atoms with Gasteiger partial charge in [0, 0.05) is 42.3 Å². The molecule has 0 atom stereocenters. The molecule has 152 valence electrons. The van der Waals surface area contributed by atoms with E-state index in [0.29, 0.717) is 12.1 Å². The van der Waals surface area contributed by atoms with Gasteiger partial charge in [0.15, 0.2) is 0 Å². The second kappa shape index (κ2) is 8.62. The largest absolute Gasteiger partial charge is 0.379 e. The molecule has 1 aliphatic heterocycles. The van der Waals surface area contributed by atoms with Gasteiger partial charge in [-0.15, -0.1) is 0 Å². The van der Waals surface area contributed by atoms with Crippen LogP contribution in [0.5, 0.6) is 0 Å². The second-order valence-corrected chi connectivity index (χ2v) is 8.41. The van der Waals surface area contributed by atoms with Crippen LogP contribution in [0.4, 0.5) is 5.69 Å². The monoisotopic (exact) mass is 385 g/mol. The Hall–Kier alpha value is -1.92. The summed E-state index contributed by atoms with van der Waals surface area (Å²) >= 11 is 0. The third kappa shape index (κ3) is 4.55. The number of carbonyl (C=O) groups is 2. The first-order valence-electron chi connectivity index (χ1n) is 10.7. The Bertz CT molecular complexity index is 687. The van der Waals surface area contributed by atoms with Gasteiger partial charge in [-0.3, -0.25) is 14.5 Å². The van der Waals surface area contributed by atoms with Crippen LogP contribution in [-0.4, -0.2) is 55.1 Å². The number of rotatable bonds is 6. The zero-order valence-electron chi connectivity index (χ0n) is 16.5. The average molecular weight is 386 g/mol. The number of hydrogen-bond acceptors (Lipinski definition) is 4. The number of nitrogens with zero attached hydrogens (tertiary/aromatic N) is 1. The number of nitrogens with one attached hydrogen (secondary N) is 2. The lowest BCUT2D eigenvalue weighted by Gasteiger charge is -2.48. The Labute approximate surface area is 167 Å². The van der Waals surface area contributed by atoms with Crippen molar-refractivity contribution in [3.05, 3.63) is 29.8 Å². The first kappa shape index (κ1) is 19.4. The van der Waals surface area contributed by atoms with E-state index in [0.717, 1.165) is 57.7 Å². The molecule has 0 aromatic heterocycles. The first-order chi connectivity index (χ1) is 13.7. The molecule has 0 bridgehead atoms. The van der Waals surface area contributed by atoms with Gasteiger partial charge in [-0.1, -0.05) is 19.3 Å². The number of amides is 2. The summed E-state index contributed by atoms with van der Waals surface area (Å²) < 4.78 is 5.53. The lowest BCUT2D eigenvalue weighted by molar-refractivity contribution is -0.117. The van der Waals surface area contributed by atoms with Gasteiger partial charge >= 0.3 is 0 Å². The summed E-state index contributed by atoms with van der Waals surface area (Å²) in [6.45, 7) is 4.15. The molecule has 28 heavy (non-hydrogen) atoms. The molecule has 3 fully saturated rings. The van der Waals surface area contributed by atoms with Gasteiger partial charge in [-0.2, -0.15) is 0 Å². The summed E-state index contributed by atoms with van der Waals surface area (Å²) in [4.78, 5) is 27.1. The van der Waals surface area contributed by atoms with E-state index in [-0.39, 0.29) is 23.3 Å². The van der Waals surface area contributed by atoms with Crippen LogP contribution in [0.1, 0.15) is 55.3 Å². The van der Waals surface area contributed by atoms with Gasteiger partial charge in [0.05, 0.1) is 13.2 Å². The normalized spacial score (nSPS) is 22.4. The number of hydrogen-bond donors (Lipinski definition) is 2. The molecule has 4 rings (SSSR count). The number of carbonyl (C=O) groups excluding carboxylic acids is 2. The number of anilines is 1. The standard InChI is InChI=1S/C22H31N3O3/c26-20(17-6-8-19(9-7-17)24-21(27)18-4-5-18)23-16-22(10-2-1-3-11-22)25-12-14-28-15-13-25/h6-9,18H,1-5,10-16H2,(H,23,26)(H,24,27). The number of morpholine rings is 1. The van der Waals surface area contributed by atoms with Crippen molar-refractivity contribution in [3.63, 3.8) is 0 Å². The second-order valence-electron chi connectivity index (χ2n) is 8.41. The summed E-state index contributed by atoms with van der Waals surface area (Å²) in [5, 5.41) is 6.10. The van der Waals surface area contributed by atoms with Crippen molar-refractivity contribution in [3.8, 4) is 0 Å². The Morgan fingerprint density at radius 1 is 1.04 bits per heavy atom. The minimum Gasteiger partial charge on any atom is -0.379 e. The van der Waals surface area contributed by atoms with E-state index < -0.39 is 0 Å². The quantitative estimate of drug-likeness (QED) is 0.790. The predicted molar refractivity (Wildman–Crippen MR) is 108 cm³/mol. The Balaban J connectivity index is 1.35. The smallest absolute Gasteiger partial charge is 0.251 e. The minimum absolute atomic E-state index is 0.0433. The topological polar surface area (TPSA) is 70.7 Å². The van der Waals surface area contributed by atoms with E-state index in [1.165, 1.54) is 19.3 Å². The highest BCUT2D eigenvalue weighted by atomic mass is 16.5. The van der Waals surface area contributed by atoms with E-state index in [9.17, 15) is 9.59 Å². The highest BCUT2D eigenvalue weighted by Crippen LogP contribution is 2.34. The van der Waals surface area contributed by atoms with Crippen LogP contribution < -0.4 is 10.6 Å². The Morgan fingerprint density at radius 2 is 1.71 bits per heavy atom. The van der Waals surface area contributed by atoms with Crippen molar-refractivity contribution in [2.24, 2.45) is 5.92 Å². The van der Waals surface area contributed by atoms with Crippen LogP contribution in [0.25, 0.3) is 0 Å². The molecule has 2 aliphatic carbocycles. The Morgan fingerprint density at radius 3 is 2.36 bits per heavy atom. The molecule has 2 amide bonds. The molecule has 0 unspecified atom stereocenters. The molecule has 6 heteroatoms. The SMILES string of the molecule is O=C(NCC1(N2CCOCC2)CCCCC1)c1ccc(NC(=O)C2CC2)cc1. The maximum absolute atomic E-state index is 12.7. The summed E-state index contributed by atoms with van der Waals surface area (Å²) in [6, 6.07) is 7.21. The van der Waals surface area contributed by atoms with Gasteiger partial charge < -0.3 is 15.4 Å². The minimum atomic E-state index is -0.0433. The fourth-order valence-corrected chi connectivity index (χ4v) is 4.49. The molecular weight excluding hydrogens is 354 g/mol. The first-order valence-corrected chi connectivity index (χ1v) is 10.7. The summed E-state index contributed by atoms with van der Waals surface area (Å²) in [5.74, 6) is 0.218. The van der Waals surface area contributed by atoms with Gasteiger partial charge in [0.1, 0.15) is 0 Å². The summed E-state index contributed by atoms with van der Waals surface area (Å²) in [7, 11) is 0. The third-order valence-corrected chi connectivity index (χ3v) is 6.41. The van der Waals surface area contributed by atoms with Gasteiger partial charge in [-0.25, -0.2) is 0 Å². The van der Waals surface area contributed by atoms with E-state index in [1.807, 2.05) is 12.1 Å². The maximum Gasteiger partial charge on any atom is 0.251 e.